The molecule has 0 bridgehead atoms. The van der Waals surface area contributed by atoms with Crippen LogP contribution in [0.25, 0.3) is 0 Å². The second-order valence-electron chi connectivity index (χ2n) is 6.32. The Morgan fingerprint density at radius 2 is 1.95 bits per heavy atom. The Kier molecular flexibility index (Phi) is 4.04. The summed E-state index contributed by atoms with van der Waals surface area (Å²) >= 11 is 0. The molecular formula is C15H22N4. The van der Waals surface area contributed by atoms with E-state index >= 15 is 0 Å². The lowest BCUT2D eigenvalue weighted by molar-refractivity contribution is 0.220. The molecule has 102 valence electrons. The molecule has 0 amide bonds. The van der Waals surface area contributed by atoms with Gasteiger partial charge in [0.25, 0.3) is 0 Å². The third-order valence-corrected chi connectivity index (χ3v) is 4.04. The summed E-state index contributed by atoms with van der Waals surface area (Å²) in [5.41, 5.74) is 0.799. The lowest BCUT2D eigenvalue weighted by Gasteiger charge is -2.29. The molecule has 2 rings (SSSR count). The van der Waals surface area contributed by atoms with Gasteiger partial charge in [-0.25, -0.2) is 9.97 Å². The number of nitriles is 1. The second kappa shape index (κ2) is 5.56. The van der Waals surface area contributed by atoms with Crippen LogP contribution in [0.4, 0.5) is 5.82 Å². The van der Waals surface area contributed by atoms with Crippen molar-refractivity contribution in [2.24, 2.45) is 11.3 Å². The van der Waals surface area contributed by atoms with Crippen molar-refractivity contribution in [2.45, 2.75) is 40.0 Å². The van der Waals surface area contributed by atoms with Gasteiger partial charge in [-0.2, -0.15) is 5.26 Å². The van der Waals surface area contributed by atoms with E-state index in [2.05, 4.69) is 41.7 Å². The van der Waals surface area contributed by atoms with E-state index in [-0.39, 0.29) is 0 Å². The largest absolute Gasteiger partial charge is 0.354 e. The van der Waals surface area contributed by atoms with Crippen molar-refractivity contribution in [3.63, 3.8) is 0 Å². The molecule has 1 atom stereocenters. The SMILES string of the molecule is CC(C)(C)C1CCCN(c2nccnc2C#N)CC1. The summed E-state index contributed by atoms with van der Waals surface area (Å²) in [6.45, 7) is 8.89. The zero-order chi connectivity index (χ0) is 13.9. The highest BCUT2D eigenvalue weighted by Gasteiger charge is 2.28. The molecule has 1 fully saturated rings. The average molecular weight is 258 g/mol. The van der Waals surface area contributed by atoms with Crippen molar-refractivity contribution >= 4 is 5.82 Å². The Bertz CT molecular complexity index is 470. The first-order valence-electron chi connectivity index (χ1n) is 6.98. The van der Waals surface area contributed by atoms with Gasteiger partial charge in [0.15, 0.2) is 11.5 Å². The molecule has 0 aliphatic carbocycles. The van der Waals surface area contributed by atoms with E-state index in [9.17, 15) is 0 Å². The third-order valence-electron chi connectivity index (χ3n) is 4.04. The molecule has 1 aromatic heterocycles. The lowest BCUT2D eigenvalue weighted by Crippen LogP contribution is -2.27. The van der Waals surface area contributed by atoms with Crippen LogP contribution >= 0.6 is 0 Å². The minimum absolute atomic E-state index is 0.358. The molecule has 0 saturated carbocycles. The van der Waals surface area contributed by atoms with Gasteiger partial charge in [-0.05, 0) is 30.6 Å². The van der Waals surface area contributed by atoms with E-state index in [1.54, 1.807) is 12.4 Å². The van der Waals surface area contributed by atoms with Crippen LogP contribution < -0.4 is 4.90 Å². The predicted octanol–water partition coefficient (Wildman–Crippen LogP) is 3.00. The first kappa shape index (κ1) is 13.8. The fraction of sp³-hybridized carbons (Fsp3) is 0.667. The maximum atomic E-state index is 9.12. The van der Waals surface area contributed by atoms with Gasteiger partial charge in [-0.3, -0.25) is 0 Å². The fourth-order valence-electron chi connectivity index (χ4n) is 2.82. The summed E-state index contributed by atoms with van der Waals surface area (Å²) in [4.78, 5) is 10.7. The van der Waals surface area contributed by atoms with Crippen LogP contribution in [-0.2, 0) is 0 Å². The lowest BCUT2D eigenvalue weighted by atomic mass is 9.77. The fourth-order valence-corrected chi connectivity index (χ4v) is 2.82. The molecule has 4 heteroatoms. The number of anilines is 1. The van der Waals surface area contributed by atoms with Crippen LogP contribution in [0.5, 0.6) is 0 Å². The van der Waals surface area contributed by atoms with Crippen LogP contribution in [-0.4, -0.2) is 23.1 Å². The molecule has 0 spiro atoms. The minimum atomic E-state index is 0.358. The standard InChI is InChI=1S/C15H22N4/c1-15(2,3)12-5-4-9-19(10-6-12)14-13(11-16)17-7-8-18-14/h7-8,12H,4-6,9-10H2,1-3H3. The van der Waals surface area contributed by atoms with Crippen LogP contribution in [0.15, 0.2) is 12.4 Å². The first-order valence-corrected chi connectivity index (χ1v) is 6.98. The Hall–Kier alpha value is -1.63. The smallest absolute Gasteiger partial charge is 0.183 e. The van der Waals surface area contributed by atoms with Crippen molar-refractivity contribution in [1.29, 1.82) is 5.26 Å². The van der Waals surface area contributed by atoms with E-state index in [0.717, 1.165) is 37.7 Å². The molecular weight excluding hydrogens is 236 g/mol. The third kappa shape index (κ3) is 3.23. The van der Waals surface area contributed by atoms with Gasteiger partial charge in [-0.15, -0.1) is 0 Å². The molecule has 1 unspecified atom stereocenters. The van der Waals surface area contributed by atoms with Gasteiger partial charge in [0, 0.05) is 25.5 Å². The van der Waals surface area contributed by atoms with Gasteiger partial charge in [0.2, 0.25) is 0 Å². The summed E-state index contributed by atoms with van der Waals surface area (Å²) in [6.07, 6.45) is 6.82. The Morgan fingerprint density at radius 3 is 2.63 bits per heavy atom. The molecule has 1 aromatic rings. The van der Waals surface area contributed by atoms with Crippen molar-refractivity contribution in [2.75, 3.05) is 18.0 Å². The van der Waals surface area contributed by atoms with E-state index in [0.29, 0.717) is 11.1 Å². The minimum Gasteiger partial charge on any atom is -0.354 e. The number of rotatable bonds is 1. The van der Waals surface area contributed by atoms with Crippen LogP contribution in [0, 0.1) is 22.7 Å². The summed E-state index contributed by atoms with van der Waals surface area (Å²) in [5, 5.41) is 9.12. The molecule has 0 aromatic carbocycles. The summed E-state index contributed by atoms with van der Waals surface area (Å²) in [7, 11) is 0. The molecule has 1 saturated heterocycles. The molecule has 0 radical (unpaired) electrons. The predicted molar refractivity (Wildman–Crippen MR) is 75.8 cm³/mol. The van der Waals surface area contributed by atoms with Crippen molar-refractivity contribution in [3.05, 3.63) is 18.1 Å². The highest BCUT2D eigenvalue weighted by atomic mass is 15.2. The van der Waals surface area contributed by atoms with Gasteiger partial charge in [-0.1, -0.05) is 20.8 Å². The normalized spacial score (nSPS) is 20.7. The zero-order valence-corrected chi connectivity index (χ0v) is 12.1. The van der Waals surface area contributed by atoms with Crippen molar-refractivity contribution < 1.29 is 0 Å². The van der Waals surface area contributed by atoms with Crippen molar-refractivity contribution in [1.82, 2.24) is 9.97 Å². The first-order chi connectivity index (χ1) is 9.02. The maximum absolute atomic E-state index is 9.12. The summed E-state index contributed by atoms with van der Waals surface area (Å²) in [5.74, 6) is 1.49. The molecule has 1 aliphatic heterocycles. The average Bonchev–Trinajstić information content (AvgIpc) is 2.64. The van der Waals surface area contributed by atoms with Crippen LogP contribution in [0.1, 0.15) is 45.7 Å². The van der Waals surface area contributed by atoms with Crippen molar-refractivity contribution in [3.8, 4) is 6.07 Å². The molecule has 4 nitrogen and oxygen atoms in total. The van der Waals surface area contributed by atoms with E-state index in [1.807, 2.05) is 0 Å². The summed E-state index contributed by atoms with van der Waals surface area (Å²) in [6, 6.07) is 2.14. The van der Waals surface area contributed by atoms with Gasteiger partial charge in [0.1, 0.15) is 6.07 Å². The monoisotopic (exact) mass is 258 g/mol. The van der Waals surface area contributed by atoms with Gasteiger partial charge in [0.05, 0.1) is 0 Å². The second-order valence-corrected chi connectivity index (χ2v) is 6.32. The summed E-state index contributed by atoms with van der Waals surface area (Å²) < 4.78 is 0. The number of hydrogen-bond acceptors (Lipinski definition) is 4. The molecule has 2 heterocycles. The molecule has 1 aliphatic rings. The van der Waals surface area contributed by atoms with Crippen LogP contribution in [0.2, 0.25) is 0 Å². The highest BCUT2D eigenvalue weighted by molar-refractivity contribution is 5.49. The zero-order valence-electron chi connectivity index (χ0n) is 12.1. The number of hydrogen-bond donors (Lipinski definition) is 0. The molecule has 0 N–H and O–H groups in total. The Labute approximate surface area is 115 Å². The van der Waals surface area contributed by atoms with E-state index < -0.39 is 0 Å². The topological polar surface area (TPSA) is 52.8 Å². The number of nitrogens with zero attached hydrogens (tertiary/aromatic N) is 4. The molecule has 19 heavy (non-hydrogen) atoms. The Balaban J connectivity index is 2.14. The number of aromatic nitrogens is 2. The van der Waals surface area contributed by atoms with Gasteiger partial charge < -0.3 is 4.90 Å². The quantitative estimate of drug-likeness (QED) is 0.777. The Morgan fingerprint density at radius 1 is 1.21 bits per heavy atom. The maximum Gasteiger partial charge on any atom is 0.183 e. The highest BCUT2D eigenvalue weighted by Crippen LogP contribution is 2.35. The van der Waals surface area contributed by atoms with Crippen LogP contribution in [0.3, 0.4) is 0 Å². The van der Waals surface area contributed by atoms with E-state index in [4.69, 9.17) is 5.26 Å². The van der Waals surface area contributed by atoms with E-state index in [1.165, 1.54) is 6.42 Å². The van der Waals surface area contributed by atoms with Gasteiger partial charge >= 0.3 is 0 Å².